The molecule has 2 atom stereocenters. The molecule has 1 amide bonds. The van der Waals surface area contributed by atoms with E-state index < -0.39 is 0 Å². The van der Waals surface area contributed by atoms with Crippen LogP contribution in [0.2, 0.25) is 0 Å². The van der Waals surface area contributed by atoms with Gasteiger partial charge in [0.05, 0.1) is 7.05 Å². The second-order valence-electron chi connectivity index (χ2n) is 3.78. The van der Waals surface area contributed by atoms with Crippen molar-refractivity contribution in [1.29, 1.82) is 0 Å². The zero-order valence-corrected chi connectivity index (χ0v) is 8.96. The summed E-state index contributed by atoms with van der Waals surface area (Å²) in [4.78, 5) is 11.9. The lowest BCUT2D eigenvalue weighted by atomic mass is 10.2. The quantitative estimate of drug-likeness (QED) is 0.706. The third-order valence-electron chi connectivity index (χ3n) is 2.54. The monoisotopic (exact) mass is 211 g/mol. The van der Waals surface area contributed by atoms with E-state index >= 15 is 0 Å². The molecule has 0 spiro atoms. The van der Waals surface area contributed by atoms with Crippen LogP contribution in [0.3, 0.4) is 0 Å². The molecule has 15 heavy (non-hydrogen) atoms. The summed E-state index contributed by atoms with van der Waals surface area (Å²) in [6.07, 6.45) is 0. The number of hydrogen-bond acceptors (Lipinski definition) is 1. The van der Waals surface area contributed by atoms with Gasteiger partial charge in [0, 0.05) is 5.56 Å². The van der Waals surface area contributed by atoms with Gasteiger partial charge in [0.1, 0.15) is 12.4 Å². The first kappa shape index (κ1) is 11.7. The maximum absolute atomic E-state index is 12.9. The first-order valence-corrected chi connectivity index (χ1v) is 4.86. The normalized spacial score (nSPS) is 14.6. The van der Waals surface area contributed by atoms with Crippen LogP contribution in [0.5, 0.6) is 0 Å². The fourth-order valence-electron chi connectivity index (χ4n) is 1.36. The highest BCUT2D eigenvalue weighted by atomic mass is 19.1. The number of primary amides is 1. The molecule has 0 bridgehead atoms. The third kappa shape index (κ3) is 3.32. The molecule has 4 heteroatoms. The van der Waals surface area contributed by atoms with Gasteiger partial charge in [0.2, 0.25) is 0 Å². The Bertz CT molecular complexity index is 354. The van der Waals surface area contributed by atoms with Gasteiger partial charge in [0.25, 0.3) is 5.91 Å². The van der Waals surface area contributed by atoms with E-state index in [0.29, 0.717) is 6.54 Å². The number of quaternary nitrogens is 1. The standard InChI is InChI=1S/C11H15FN2O/c1-8(11(13)15)14(2)7-9-4-3-5-10(12)6-9/h3-6,8H,7H2,1-2H3,(H2,13,15)/p+1/t8-/m1/s1. The zero-order chi connectivity index (χ0) is 11.4. The Balaban J connectivity index is 2.66. The number of halogens is 1. The van der Waals surface area contributed by atoms with Crippen LogP contribution >= 0.6 is 0 Å². The highest BCUT2D eigenvalue weighted by molar-refractivity contribution is 5.77. The summed E-state index contributed by atoms with van der Waals surface area (Å²) in [7, 11) is 1.86. The minimum atomic E-state index is -0.344. The van der Waals surface area contributed by atoms with Crippen LogP contribution in [0.15, 0.2) is 24.3 Å². The molecule has 3 nitrogen and oxygen atoms in total. The van der Waals surface area contributed by atoms with Crippen molar-refractivity contribution in [3.63, 3.8) is 0 Å². The maximum atomic E-state index is 12.9. The first-order chi connectivity index (χ1) is 7.00. The minimum absolute atomic E-state index is 0.257. The molecule has 0 fully saturated rings. The van der Waals surface area contributed by atoms with Gasteiger partial charge in [0.15, 0.2) is 6.04 Å². The highest BCUT2D eigenvalue weighted by Crippen LogP contribution is 2.01. The van der Waals surface area contributed by atoms with E-state index in [1.165, 1.54) is 12.1 Å². The Morgan fingerprint density at radius 1 is 1.60 bits per heavy atom. The lowest BCUT2D eigenvalue weighted by Gasteiger charge is -2.18. The number of hydrogen-bond donors (Lipinski definition) is 2. The smallest absolute Gasteiger partial charge is 0.275 e. The molecule has 1 unspecified atom stereocenters. The van der Waals surface area contributed by atoms with Crippen molar-refractivity contribution in [3.8, 4) is 0 Å². The largest absolute Gasteiger partial charge is 0.365 e. The van der Waals surface area contributed by atoms with Gasteiger partial charge in [-0.1, -0.05) is 12.1 Å². The van der Waals surface area contributed by atoms with E-state index in [-0.39, 0.29) is 17.8 Å². The lowest BCUT2D eigenvalue weighted by Crippen LogP contribution is -3.12. The molecule has 0 aliphatic rings. The number of benzene rings is 1. The van der Waals surface area contributed by atoms with Gasteiger partial charge in [-0.3, -0.25) is 4.79 Å². The second kappa shape index (κ2) is 4.89. The zero-order valence-electron chi connectivity index (χ0n) is 8.96. The van der Waals surface area contributed by atoms with Crippen LogP contribution in [-0.4, -0.2) is 19.0 Å². The number of nitrogens with one attached hydrogen (secondary N) is 1. The molecular weight excluding hydrogens is 195 g/mol. The van der Waals surface area contributed by atoms with E-state index in [0.717, 1.165) is 10.5 Å². The van der Waals surface area contributed by atoms with Crippen LogP contribution in [-0.2, 0) is 11.3 Å². The highest BCUT2D eigenvalue weighted by Gasteiger charge is 2.18. The Morgan fingerprint density at radius 2 is 2.27 bits per heavy atom. The Hall–Kier alpha value is -1.42. The summed E-state index contributed by atoms with van der Waals surface area (Å²) in [5.41, 5.74) is 6.05. The molecule has 1 aromatic rings. The van der Waals surface area contributed by atoms with Crippen molar-refractivity contribution >= 4 is 5.91 Å². The average Bonchev–Trinajstić information content (AvgIpc) is 2.16. The van der Waals surface area contributed by atoms with Gasteiger partial charge < -0.3 is 10.6 Å². The van der Waals surface area contributed by atoms with E-state index in [4.69, 9.17) is 5.73 Å². The summed E-state index contributed by atoms with van der Waals surface area (Å²) in [6, 6.07) is 6.09. The van der Waals surface area contributed by atoms with E-state index in [1.54, 1.807) is 13.0 Å². The Kier molecular flexibility index (Phi) is 3.80. The lowest BCUT2D eigenvalue weighted by molar-refractivity contribution is -0.908. The molecule has 3 N–H and O–H groups in total. The number of carbonyl (C=O) groups is 1. The van der Waals surface area contributed by atoms with E-state index in [9.17, 15) is 9.18 Å². The summed E-state index contributed by atoms with van der Waals surface area (Å²) in [6.45, 7) is 2.35. The Labute approximate surface area is 88.7 Å². The molecule has 0 aliphatic carbocycles. The summed E-state index contributed by atoms with van der Waals surface area (Å²) in [5, 5.41) is 0. The predicted molar refractivity (Wildman–Crippen MR) is 55.6 cm³/mol. The molecular formula is C11H16FN2O+. The number of amides is 1. The van der Waals surface area contributed by atoms with Gasteiger partial charge in [-0.2, -0.15) is 0 Å². The molecule has 0 aliphatic heterocycles. The molecule has 0 aromatic heterocycles. The average molecular weight is 211 g/mol. The van der Waals surface area contributed by atoms with E-state index in [1.807, 2.05) is 13.1 Å². The van der Waals surface area contributed by atoms with Crippen LogP contribution < -0.4 is 10.6 Å². The topological polar surface area (TPSA) is 47.5 Å². The van der Waals surface area contributed by atoms with Crippen LogP contribution in [0.4, 0.5) is 4.39 Å². The van der Waals surface area contributed by atoms with Crippen molar-refractivity contribution in [2.75, 3.05) is 7.05 Å². The third-order valence-corrected chi connectivity index (χ3v) is 2.54. The molecule has 0 radical (unpaired) electrons. The van der Waals surface area contributed by atoms with Crippen molar-refractivity contribution in [1.82, 2.24) is 0 Å². The van der Waals surface area contributed by atoms with Gasteiger partial charge in [-0.05, 0) is 19.1 Å². The van der Waals surface area contributed by atoms with Crippen LogP contribution in [0, 0.1) is 5.82 Å². The number of carbonyl (C=O) groups excluding carboxylic acids is 1. The Morgan fingerprint density at radius 3 is 2.80 bits per heavy atom. The molecule has 82 valence electrons. The predicted octanol–water partition coefficient (Wildman–Crippen LogP) is -0.286. The van der Waals surface area contributed by atoms with Crippen LogP contribution in [0.25, 0.3) is 0 Å². The molecule has 0 heterocycles. The van der Waals surface area contributed by atoms with Crippen molar-refractivity contribution in [2.45, 2.75) is 19.5 Å². The summed E-state index contributed by atoms with van der Waals surface area (Å²) < 4.78 is 12.9. The fraction of sp³-hybridized carbons (Fsp3) is 0.364. The second-order valence-corrected chi connectivity index (χ2v) is 3.78. The van der Waals surface area contributed by atoms with E-state index in [2.05, 4.69) is 0 Å². The van der Waals surface area contributed by atoms with Crippen molar-refractivity contribution in [2.24, 2.45) is 5.73 Å². The molecule has 0 saturated heterocycles. The van der Waals surface area contributed by atoms with Crippen molar-refractivity contribution in [3.05, 3.63) is 35.6 Å². The van der Waals surface area contributed by atoms with Gasteiger partial charge >= 0.3 is 0 Å². The van der Waals surface area contributed by atoms with Crippen molar-refractivity contribution < 1.29 is 14.1 Å². The maximum Gasteiger partial charge on any atom is 0.275 e. The molecule has 1 aromatic carbocycles. The number of rotatable bonds is 4. The van der Waals surface area contributed by atoms with Gasteiger partial charge in [-0.25, -0.2) is 4.39 Å². The molecule has 1 rings (SSSR count). The molecule has 0 saturated carbocycles. The van der Waals surface area contributed by atoms with Gasteiger partial charge in [-0.15, -0.1) is 0 Å². The number of nitrogens with two attached hydrogens (primary N) is 1. The van der Waals surface area contributed by atoms with Crippen LogP contribution in [0.1, 0.15) is 12.5 Å². The summed E-state index contributed by atoms with van der Waals surface area (Å²) >= 11 is 0. The fourth-order valence-corrected chi connectivity index (χ4v) is 1.36. The number of likely N-dealkylation sites (N-methyl/N-ethyl adjacent to an activating group) is 1. The SMILES string of the molecule is C[C@H](C(N)=O)[NH+](C)Cc1cccc(F)c1. The minimum Gasteiger partial charge on any atom is -0.365 e. The first-order valence-electron chi connectivity index (χ1n) is 4.86. The summed E-state index contributed by atoms with van der Waals surface area (Å²) in [5.74, 6) is -0.601.